The van der Waals surface area contributed by atoms with Crippen molar-refractivity contribution in [2.75, 3.05) is 12.3 Å². The summed E-state index contributed by atoms with van der Waals surface area (Å²) in [6.07, 6.45) is 5.17. The molecule has 2 rings (SSSR count). The van der Waals surface area contributed by atoms with E-state index in [-0.39, 0.29) is 11.3 Å². The van der Waals surface area contributed by atoms with Gasteiger partial charge in [-0.1, -0.05) is 6.42 Å². The first-order chi connectivity index (χ1) is 6.20. The fourth-order valence-corrected chi connectivity index (χ4v) is 4.59. The molecule has 0 radical (unpaired) electrons. The lowest BCUT2D eigenvalue weighted by Crippen LogP contribution is -2.45. The predicted octanol–water partition coefficient (Wildman–Crippen LogP) is 0.706. The van der Waals surface area contributed by atoms with Crippen LogP contribution in [0.5, 0.6) is 0 Å². The summed E-state index contributed by atoms with van der Waals surface area (Å²) in [5.41, 5.74) is 0. The predicted molar refractivity (Wildman–Crippen MR) is 52.5 cm³/mol. The monoisotopic (exact) mass is 203 g/mol. The van der Waals surface area contributed by atoms with Gasteiger partial charge in [0.25, 0.3) is 0 Å². The topological polar surface area (TPSA) is 46.2 Å². The summed E-state index contributed by atoms with van der Waals surface area (Å²) in [6, 6.07) is 0.251. The molecule has 2 fully saturated rings. The molecule has 2 aliphatic rings. The van der Waals surface area contributed by atoms with E-state index in [0.29, 0.717) is 5.75 Å². The van der Waals surface area contributed by atoms with E-state index in [1.54, 1.807) is 0 Å². The number of rotatable bonds is 1. The third-order valence-electron chi connectivity index (χ3n) is 3.18. The molecule has 1 N–H and O–H groups in total. The van der Waals surface area contributed by atoms with Gasteiger partial charge < -0.3 is 5.32 Å². The molecule has 2 aliphatic heterocycles. The van der Waals surface area contributed by atoms with Crippen LogP contribution in [0.4, 0.5) is 0 Å². The first-order valence-electron chi connectivity index (χ1n) is 5.15. The van der Waals surface area contributed by atoms with Crippen LogP contribution in [0.2, 0.25) is 0 Å². The van der Waals surface area contributed by atoms with Crippen molar-refractivity contribution in [3.05, 3.63) is 0 Å². The molecule has 2 atom stereocenters. The van der Waals surface area contributed by atoms with E-state index in [2.05, 4.69) is 5.32 Å². The summed E-state index contributed by atoms with van der Waals surface area (Å²) in [4.78, 5) is 0. The van der Waals surface area contributed by atoms with Crippen LogP contribution >= 0.6 is 0 Å². The molecule has 4 heteroatoms. The highest BCUT2D eigenvalue weighted by Crippen LogP contribution is 2.26. The lowest BCUT2D eigenvalue weighted by atomic mass is 10.00. The van der Waals surface area contributed by atoms with Crippen LogP contribution in [0, 0.1) is 0 Å². The van der Waals surface area contributed by atoms with Crippen LogP contribution < -0.4 is 5.32 Å². The van der Waals surface area contributed by atoms with Crippen molar-refractivity contribution in [3.8, 4) is 0 Å². The van der Waals surface area contributed by atoms with Crippen molar-refractivity contribution in [2.45, 2.75) is 43.4 Å². The largest absolute Gasteiger partial charge is 0.313 e. The second-order valence-corrected chi connectivity index (χ2v) is 6.44. The first-order valence-corrected chi connectivity index (χ1v) is 6.87. The molecule has 2 saturated heterocycles. The van der Waals surface area contributed by atoms with Gasteiger partial charge in [-0.25, -0.2) is 8.42 Å². The van der Waals surface area contributed by atoms with Crippen LogP contribution in [0.3, 0.4) is 0 Å². The Morgan fingerprint density at radius 1 is 1.08 bits per heavy atom. The molecule has 13 heavy (non-hydrogen) atoms. The lowest BCUT2D eigenvalue weighted by Gasteiger charge is -2.27. The standard InChI is InChI=1S/C9H17NO2S/c11-13(12)7-3-5-9(13)8-4-1-2-6-10-8/h8-10H,1-7H2. The molecule has 2 unspecified atom stereocenters. The number of hydrogen-bond donors (Lipinski definition) is 1. The summed E-state index contributed by atoms with van der Waals surface area (Å²) >= 11 is 0. The summed E-state index contributed by atoms with van der Waals surface area (Å²) in [6.45, 7) is 0.997. The van der Waals surface area contributed by atoms with Gasteiger partial charge in [0.05, 0.1) is 11.0 Å². The van der Waals surface area contributed by atoms with Gasteiger partial charge >= 0.3 is 0 Å². The molecule has 0 aromatic carbocycles. The van der Waals surface area contributed by atoms with Gasteiger partial charge in [0.1, 0.15) is 0 Å². The second kappa shape index (κ2) is 3.58. The maximum Gasteiger partial charge on any atom is 0.154 e. The average molecular weight is 203 g/mol. The molecule has 0 aromatic heterocycles. The molecule has 0 spiro atoms. The Balaban J connectivity index is 2.07. The summed E-state index contributed by atoms with van der Waals surface area (Å²) in [7, 11) is -2.75. The van der Waals surface area contributed by atoms with Gasteiger partial charge in [0, 0.05) is 6.04 Å². The lowest BCUT2D eigenvalue weighted by molar-refractivity contribution is 0.380. The number of sulfone groups is 1. The molecular weight excluding hydrogens is 186 g/mol. The van der Waals surface area contributed by atoms with E-state index >= 15 is 0 Å². The molecule has 0 aliphatic carbocycles. The number of hydrogen-bond acceptors (Lipinski definition) is 3. The van der Waals surface area contributed by atoms with Gasteiger partial charge in [-0.15, -0.1) is 0 Å². The molecule has 3 nitrogen and oxygen atoms in total. The van der Waals surface area contributed by atoms with Crippen molar-refractivity contribution in [1.29, 1.82) is 0 Å². The fraction of sp³-hybridized carbons (Fsp3) is 1.00. The highest BCUT2D eigenvalue weighted by molar-refractivity contribution is 7.92. The smallest absolute Gasteiger partial charge is 0.154 e. The van der Waals surface area contributed by atoms with Gasteiger partial charge in [-0.05, 0) is 32.2 Å². The van der Waals surface area contributed by atoms with E-state index in [4.69, 9.17) is 0 Å². The molecule has 0 aromatic rings. The van der Waals surface area contributed by atoms with Gasteiger partial charge in [0.15, 0.2) is 9.84 Å². The zero-order valence-electron chi connectivity index (χ0n) is 7.83. The van der Waals surface area contributed by atoms with Crippen molar-refractivity contribution < 1.29 is 8.42 Å². The third kappa shape index (κ3) is 1.89. The van der Waals surface area contributed by atoms with Crippen LogP contribution in [-0.2, 0) is 9.84 Å². The van der Waals surface area contributed by atoms with Gasteiger partial charge in [0.2, 0.25) is 0 Å². The van der Waals surface area contributed by atoms with Crippen LogP contribution in [0.1, 0.15) is 32.1 Å². The summed E-state index contributed by atoms with van der Waals surface area (Å²) in [5.74, 6) is 0.413. The second-order valence-electron chi connectivity index (χ2n) is 4.10. The first kappa shape index (κ1) is 9.46. The SMILES string of the molecule is O=S1(=O)CCCC1C1CCCCN1. The van der Waals surface area contributed by atoms with Crippen molar-refractivity contribution in [3.63, 3.8) is 0 Å². The minimum atomic E-state index is -2.75. The highest BCUT2D eigenvalue weighted by atomic mass is 32.2. The summed E-state index contributed by atoms with van der Waals surface area (Å²) < 4.78 is 23.2. The van der Waals surface area contributed by atoms with Crippen molar-refractivity contribution in [2.24, 2.45) is 0 Å². The van der Waals surface area contributed by atoms with E-state index in [9.17, 15) is 8.42 Å². The molecule has 2 heterocycles. The number of piperidine rings is 1. The third-order valence-corrected chi connectivity index (χ3v) is 5.52. The zero-order valence-corrected chi connectivity index (χ0v) is 8.65. The quantitative estimate of drug-likeness (QED) is 0.682. The Labute approximate surface area is 79.8 Å². The Morgan fingerprint density at radius 2 is 1.92 bits per heavy atom. The molecular formula is C9H17NO2S. The summed E-state index contributed by atoms with van der Waals surface area (Å²) in [5, 5.41) is 3.26. The normalized spacial score (nSPS) is 39.1. The van der Waals surface area contributed by atoms with Crippen LogP contribution in [0.25, 0.3) is 0 Å². The zero-order chi connectivity index (χ0) is 9.31. The van der Waals surface area contributed by atoms with Crippen LogP contribution in [-0.4, -0.2) is 32.0 Å². The van der Waals surface area contributed by atoms with Gasteiger partial charge in [-0.3, -0.25) is 0 Å². The molecule has 0 saturated carbocycles. The average Bonchev–Trinajstić information content (AvgIpc) is 2.47. The Kier molecular flexibility index (Phi) is 2.60. The minimum absolute atomic E-state index is 0.0761. The Morgan fingerprint density at radius 3 is 2.46 bits per heavy atom. The Hall–Kier alpha value is -0.0900. The van der Waals surface area contributed by atoms with Crippen molar-refractivity contribution >= 4 is 9.84 Å². The maximum absolute atomic E-state index is 11.6. The van der Waals surface area contributed by atoms with Crippen molar-refractivity contribution in [1.82, 2.24) is 5.32 Å². The van der Waals surface area contributed by atoms with E-state index in [0.717, 1.165) is 25.8 Å². The van der Waals surface area contributed by atoms with Gasteiger partial charge in [-0.2, -0.15) is 0 Å². The Bertz CT molecular complexity index is 267. The van der Waals surface area contributed by atoms with E-state index < -0.39 is 9.84 Å². The number of nitrogens with one attached hydrogen (secondary N) is 1. The highest BCUT2D eigenvalue weighted by Gasteiger charge is 2.37. The molecule has 76 valence electrons. The fourth-order valence-electron chi connectivity index (χ4n) is 2.46. The minimum Gasteiger partial charge on any atom is -0.313 e. The maximum atomic E-state index is 11.6. The molecule has 0 amide bonds. The van der Waals surface area contributed by atoms with Crippen LogP contribution in [0.15, 0.2) is 0 Å². The molecule has 0 bridgehead atoms. The van der Waals surface area contributed by atoms with E-state index in [1.807, 2.05) is 0 Å². The van der Waals surface area contributed by atoms with E-state index in [1.165, 1.54) is 12.8 Å².